The Morgan fingerprint density at radius 1 is 1.33 bits per heavy atom. The van der Waals surface area contributed by atoms with E-state index in [0.717, 1.165) is 11.6 Å². The Bertz CT molecular complexity index is 584. The predicted octanol–water partition coefficient (Wildman–Crippen LogP) is 3.64. The summed E-state index contributed by atoms with van der Waals surface area (Å²) in [4.78, 5) is 7.42. The van der Waals surface area contributed by atoms with E-state index in [4.69, 9.17) is 0 Å². The second-order valence-electron chi connectivity index (χ2n) is 4.59. The van der Waals surface area contributed by atoms with Gasteiger partial charge in [0, 0.05) is 19.2 Å². The number of alkyl halides is 3. The van der Waals surface area contributed by atoms with Crippen LogP contribution >= 0.6 is 11.3 Å². The highest BCUT2D eigenvalue weighted by Crippen LogP contribution is 2.29. The number of rotatable bonds is 5. The van der Waals surface area contributed by atoms with Gasteiger partial charge in [0.15, 0.2) is 5.69 Å². The lowest BCUT2D eigenvalue weighted by Gasteiger charge is -2.16. The summed E-state index contributed by atoms with van der Waals surface area (Å²) in [7, 11) is 1.48. The van der Waals surface area contributed by atoms with Gasteiger partial charge in [0.1, 0.15) is 5.82 Å². The summed E-state index contributed by atoms with van der Waals surface area (Å²) in [5.41, 5.74) is 0.172. The van der Waals surface area contributed by atoms with Crippen molar-refractivity contribution in [3.8, 4) is 0 Å². The predicted molar refractivity (Wildman–Crippen MR) is 77.7 cm³/mol. The number of aromatic nitrogens is 2. The number of nitrogens with zero attached hydrogens (tertiary/aromatic N) is 2. The highest BCUT2D eigenvalue weighted by atomic mass is 32.1. The second-order valence-corrected chi connectivity index (χ2v) is 5.37. The molecule has 1 unspecified atom stereocenters. The fourth-order valence-corrected chi connectivity index (χ4v) is 2.53. The van der Waals surface area contributed by atoms with E-state index in [0.29, 0.717) is 6.42 Å². The van der Waals surface area contributed by atoms with Crippen molar-refractivity contribution in [2.24, 2.45) is 0 Å². The molecule has 0 aliphatic rings. The first-order valence-electron chi connectivity index (χ1n) is 6.30. The molecular formula is C13H15F3N4S. The third-order valence-corrected chi connectivity index (χ3v) is 3.49. The number of hydrogen-bond acceptors (Lipinski definition) is 5. The molecule has 2 N–H and O–H groups in total. The Hall–Kier alpha value is -1.83. The van der Waals surface area contributed by atoms with Crippen LogP contribution in [0.1, 0.15) is 18.2 Å². The van der Waals surface area contributed by atoms with E-state index in [1.165, 1.54) is 7.05 Å². The quantitative estimate of drug-likeness (QED) is 0.884. The first kappa shape index (κ1) is 15.6. The van der Waals surface area contributed by atoms with Gasteiger partial charge >= 0.3 is 6.18 Å². The van der Waals surface area contributed by atoms with Crippen molar-refractivity contribution >= 4 is 23.1 Å². The maximum absolute atomic E-state index is 12.8. The van der Waals surface area contributed by atoms with Crippen molar-refractivity contribution in [1.29, 1.82) is 0 Å². The Balaban J connectivity index is 2.15. The molecule has 2 aromatic rings. The highest BCUT2D eigenvalue weighted by Gasteiger charge is 2.33. The van der Waals surface area contributed by atoms with Crippen molar-refractivity contribution < 1.29 is 13.2 Å². The largest absolute Gasteiger partial charge is 0.433 e. The lowest BCUT2D eigenvalue weighted by molar-refractivity contribution is -0.141. The minimum absolute atomic E-state index is 0.0414. The molecule has 114 valence electrons. The van der Waals surface area contributed by atoms with Gasteiger partial charge < -0.3 is 10.6 Å². The Morgan fingerprint density at radius 3 is 2.67 bits per heavy atom. The van der Waals surface area contributed by atoms with Crippen molar-refractivity contribution in [1.82, 2.24) is 9.97 Å². The van der Waals surface area contributed by atoms with E-state index in [2.05, 4.69) is 20.6 Å². The molecule has 0 aliphatic carbocycles. The minimum atomic E-state index is -4.50. The first-order valence-corrected chi connectivity index (χ1v) is 7.24. The third-order valence-electron chi connectivity index (χ3n) is 2.76. The number of thiophene rings is 1. The SMILES string of the molecule is CNc1nc(NC(C)Cc2ccsc2)cc(C(F)(F)F)n1. The van der Waals surface area contributed by atoms with Gasteiger partial charge in [-0.15, -0.1) is 0 Å². The van der Waals surface area contributed by atoms with Crippen LogP contribution in [0.25, 0.3) is 0 Å². The van der Waals surface area contributed by atoms with Crippen LogP contribution in [0.2, 0.25) is 0 Å². The minimum Gasteiger partial charge on any atom is -0.367 e. The number of halogens is 3. The van der Waals surface area contributed by atoms with Crippen LogP contribution in [0.3, 0.4) is 0 Å². The summed E-state index contributed by atoms with van der Waals surface area (Å²) < 4.78 is 38.3. The Labute approximate surface area is 124 Å². The van der Waals surface area contributed by atoms with Crippen LogP contribution in [-0.2, 0) is 12.6 Å². The van der Waals surface area contributed by atoms with Crippen molar-refractivity contribution in [3.05, 3.63) is 34.2 Å². The lowest BCUT2D eigenvalue weighted by Crippen LogP contribution is -2.20. The third kappa shape index (κ3) is 4.32. The van der Waals surface area contributed by atoms with Crippen LogP contribution in [0.4, 0.5) is 24.9 Å². The van der Waals surface area contributed by atoms with Crippen molar-refractivity contribution in [3.63, 3.8) is 0 Å². The van der Waals surface area contributed by atoms with Crippen LogP contribution in [0, 0.1) is 0 Å². The van der Waals surface area contributed by atoms with Crippen molar-refractivity contribution in [2.75, 3.05) is 17.7 Å². The zero-order chi connectivity index (χ0) is 15.5. The Kier molecular flexibility index (Phi) is 4.66. The summed E-state index contributed by atoms with van der Waals surface area (Å²) in [6, 6.07) is 2.87. The molecule has 0 amide bonds. The second kappa shape index (κ2) is 6.30. The van der Waals surface area contributed by atoms with E-state index in [-0.39, 0.29) is 17.8 Å². The maximum atomic E-state index is 12.8. The Morgan fingerprint density at radius 2 is 2.10 bits per heavy atom. The molecule has 0 bridgehead atoms. The molecule has 0 aromatic carbocycles. The average molecular weight is 316 g/mol. The molecule has 2 heterocycles. The zero-order valence-electron chi connectivity index (χ0n) is 11.5. The van der Waals surface area contributed by atoms with Crippen molar-refractivity contribution in [2.45, 2.75) is 25.6 Å². The van der Waals surface area contributed by atoms with Gasteiger partial charge in [0.05, 0.1) is 0 Å². The molecule has 0 saturated heterocycles. The molecule has 1 atom stereocenters. The summed E-state index contributed by atoms with van der Waals surface area (Å²) >= 11 is 1.59. The molecule has 4 nitrogen and oxygen atoms in total. The molecule has 2 aromatic heterocycles. The molecular weight excluding hydrogens is 301 g/mol. The van der Waals surface area contributed by atoms with Gasteiger partial charge in [-0.25, -0.2) is 4.98 Å². The van der Waals surface area contributed by atoms with Crippen LogP contribution in [0.15, 0.2) is 22.9 Å². The molecule has 21 heavy (non-hydrogen) atoms. The number of hydrogen-bond donors (Lipinski definition) is 2. The molecule has 0 aliphatic heterocycles. The monoisotopic (exact) mass is 316 g/mol. The van der Waals surface area contributed by atoms with Crippen LogP contribution in [0.5, 0.6) is 0 Å². The van der Waals surface area contributed by atoms with E-state index in [1.54, 1.807) is 11.3 Å². The standard InChI is InChI=1S/C13H15F3N4S/c1-8(5-9-3-4-21-7-9)18-11-6-10(13(14,15)16)19-12(17-2)20-11/h3-4,6-8H,5H2,1-2H3,(H2,17,18,19,20). The topological polar surface area (TPSA) is 49.8 Å². The van der Waals surface area contributed by atoms with Gasteiger partial charge in [0.2, 0.25) is 5.95 Å². The lowest BCUT2D eigenvalue weighted by atomic mass is 10.1. The molecule has 8 heteroatoms. The smallest absolute Gasteiger partial charge is 0.367 e. The fraction of sp³-hybridized carbons (Fsp3) is 0.385. The van der Waals surface area contributed by atoms with Gasteiger partial charge in [-0.1, -0.05) is 0 Å². The van der Waals surface area contributed by atoms with Crippen LogP contribution < -0.4 is 10.6 Å². The normalized spacial score (nSPS) is 13.0. The molecule has 0 spiro atoms. The average Bonchev–Trinajstić information content (AvgIpc) is 2.89. The number of anilines is 2. The highest BCUT2D eigenvalue weighted by molar-refractivity contribution is 7.07. The molecule has 0 fully saturated rings. The van der Waals surface area contributed by atoms with Gasteiger partial charge in [-0.05, 0) is 35.7 Å². The molecule has 0 saturated carbocycles. The summed E-state index contributed by atoms with van der Waals surface area (Å²) in [6.07, 6.45) is -3.79. The van der Waals surface area contributed by atoms with Gasteiger partial charge in [-0.3, -0.25) is 0 Å². The summed E-state index contributed by atoms with van der Waals surface area (Å²) in [6.45, 7) is 1.89. The van der Waals surface area contributed by atoms with Crippen LogP contribution in [-0.4, -0.2) is 23.1 Å². The van der Waals surface area contributed by atoms with E-state index in [1.807, 2.05) is 23.8 Å². The molecule has 2 rings (SSSR count). The first-order chi connectivity index (χ1) is 9.88. The van der Waals surface area contributed by atoms with E-state index in [9.17, 15) is 13.2 Å². The molecule has 0 radical (unpaired) electrons. The number of nitrogens with one attached hydrogen (secondary N) is 2. The zero-order valence-corrected chi connectivity index (χ0v) is 12.3. The van der Waals surface area contributed by atoms with E-state index >= 15 is 0 Å². The summed E-state index contributed by atoms with van der Waals surface area (Å²) in [5, 5.41) is 9.50. The van der Waals surface area contributed by atoms with Gasteiger partial charge in [0.25, 0.3) is 0 Å². The summed E-state index contributed by atoms with van der Waals surface area (Å²) in [5.74, 6) is 0.0967. The fourth-order valence-electron chi connectivity index (χ4n) is 1.84. The maximum Gasteiger partial charge on any atom is 0.433 e. The van der Waals surface area contributed by atoms with E-state index < -0.39 is 11.9 Å². The van der Waals surface area contributed by atoms with Gasteiger partial charge in [-0.2, -0.15) is 29.5 Å².